The Hall–Kier alpha value is -4.07. The Kier molecular flexibility index (Phi) is 7.73. The van der Waals surface area contributed by atoms with Crippen molar-refractivity contribution < 1.29 is 28.2 Å². The van der Waals surface area contributed by atoms with E-state index in [9.17, 15) is 14.0 Å². The monoisotopic (exact) mass is 492 g/mol. The van der Waals surface area contributed by atoms with E-state index in [0.717, 1.165) is 11.1 Å². The number of carbonyl (C=O) groups excluding carboxylic acids is 2. The second-order valence-corrected chi connectivity index (χ2v) is 8.50. The average Bonchev–Trinajstić information content (AvgIpc) is 3.03. The molecule has 2 amide bonds. The van der Waals surface area contributed by atoms with Crippen LogP contribution in [-0.4, -0.2) is 43.6 Å². The van der Waals surface area contributed by atoms with E-state index in [1.807, 2.05) is 13.0 Å². The number of carbonyl (C=O) groups is 2. The number of hydrogen-bond acceptors (Lipinski definition) is 5. The molecule has 0 radical (unpaired) electrons. The predicted octanol–water partition coefficient (Wildman–Crippen LogP) is 4.84. The summed E-state index contributed by atoms with van der Waals surface area (Å²) in [6.07, 6.45) is 0.531. The van der Waals surface area contributed by atoms with Crippen molar-refractivity contribution in [2.45, 2.75) is 32.4 Å². The average molecular weight is 493 g/mol. The Morgan fingerprint density at radius 3 is 2.50 bits per heavy atom. The third kappa shape index (κ3) is 5.59. The number of methoxy groups -OCH3 is 2. The highest BCUT2D eigenvalue weighted by Crippen LogP contribution is 2.31. The lowest BCUT2D eigenvalue weighted by Gasteiger charge is -2.23. The highest BCUT2D eigenvalue weighted by Gasteiger charge is 2.30. The molecule has 0 saturated heterocycles. The summed E-state index contributed by atoms with van der Waals surface area (Å²) >= 11 is 0. The van der Waals surface area contributed by atoms with Gasteiger partial charge in [-0.3, -0.25) is 9.59 Å². The summed E-state index contributed by atoms with van der Waals surface area (Å²) in [4.78, 5) is 27.8. The molecule has 36 heavy (non-hydrogen) atoms. The first-order chi connectivity index (χ1) is 17.4. The van der Waals surface area contributed by atoms with Crippen molar-refractivity contribution in [3.63, 3.8) is 0 Å². The van der Waals surface area contributed by atoms with Crippen LogP contribution in [0.15, 0.2) is 60.7 Å². The molecule has 1 atom stereocenters. The molecule has 7 nitrogen and oxygen atoms in total. The smallest absolute Gasteiger partial charge is 0.263 e. The minimum Gasteiger partial charge on any atom is -0.493 e. The number of anilines is 1. The molecule has 3 aromatic carbocycles. The van der Waals surface area contributed by atoms with E-state index in [-0.39, 0.29) is 17.6 Å². The van der Waals surface area contributed by atoms with Crippen LogP contribution in [0.2, 0.25) is 0 Å². The molecule has 1 N–H and O–H groups in total. The minimum absolute atomic E-state index is 0.0910. The maximum Gasteiger partial charge on any atom is 0.263 e. The fourth-order valence-corrected chi connectivity index (χ4v) is 4.13. The molecular weight excluding hydrogens is 463 g/mol. The molecule has 0 fully saturated rings. The summed E-state index contributed by atoms with van der Waals surface area (Å²) in [7, 11) is 3.05. The lowest BCUT2D eigenvalue weighted by Crippen LogP contribution is -2.40. The van der Waals surface area contributed by atoms with Crippen LogP contribution in [0.1, 0.15) is 34.8 Å². The lowest BCUT2D eigenvalue weighted by molar-refractivity contribution is -0.138. The summed E-state index contributed by atoms with van der Waals surface area (Å²) in [6.45, 7) is 2.71. The molecular formula is C28H29FN2O5. The van der Waals surface area contributed by atoms with Crippen molar-refractivity contribution >= 4 is 17.5 Å². The SMILES string of the molecule is CC[C@@H]1Oc2ccc(NC(=O)c3ccc(OC)c(OC)c3)cc2CN(CCc2ccc(F)cc2)C1=O. The minimum atomic E-state index is -0.591. The van der Waals surface area contributed by atoms with Gasteiger partial charge in [0, 0.05) is 29.9 Å². The molecule has 4 rings (SSSR count). The van der Waals surface area contributed by atoms with Gasteiger partial charge in [0.1, 0.15) is 11.6 Å². The first-order valence-corrected chi connectivity index (χ1v) is 11.8. The summed E-state index contributed by atoms with van der Waals surface area (Å²) in [5.41, 5.74) is 2.74. The second-order valence-electron chi connectivity index (χ2n) is 8.50. The molecule has 3 aromatic rings. The Morgan fingerprint density at radius 1 is 1.06 bits per heavy atom. The zero-order valence-corrected chi connectivity index (χ0v) is 20.5. The Labute approximate surface area is 209 Å². The van der Waals surface area contributed by atoms with Gasteiger partial charge in [-0.05, 0) is 66.9 Å². The Bertz CT molecular complexity index is 1250. The molecule has 0 saturated carbocycles. The van der Waals surface area contributed by atoms with Crippen molar-refractivity contribution in [3.8, 4) is 17.2 Å². The van der Waals surface area contributed by atoms with Crippen LogP contribution in [0, 0.1) is 5.82 Å². The summed E-state index contributed by atoms with van der Waals surface area (Å²) in [5, 5.41) is 2.90. The fourth-order valence-electron chi connectivity index (χ4n) is 4.13. The van der Waals surface area contributed by atoms with Crippen LogP contribution >= 0.6 is 0 Å². The Balaban J connectivity index is 1.53. The molecule has 1 aliphatic heterocycles. The van der Waals surface area contributed by atoms with E-state index in [1.165, 1.54) is 26.4 Å². The zero-order chi connectivity index (χ0) is 25.7. The van der Waals surface area contributed by atoms with Crippen molar-refractivity contribution in [3.05, 3.63) is 83.2 Å². The van der Waals surface area contributed by atoms with E-state index >= 15 is 0 Å². The highest BCUT2D eigenvalue weighted by molar-refractivity contribution is 6.04. The molecule has 1 aliphatic rings. The van der Waals surface area contributed by atoms with E-state index in [0.29, 0.717) is 54.4 Å². The van der Waals surface area contributed by atoms with Gasteiger partial charge in [-0.2, -0.15) is 0 Å². The normalized spacial score (nSPS) is 14.9. The van der Waals surface area contributed by atoms with Gasteiger partial charge >= 0.3 is 0 Å². The van der Waals surface area contributed by atoms with Gasteiger partial charge < -0.3 is 24.4 Å². The lowest BCUT2D eigenvalue weighted by atomic mass is 10.1. The van der Waals surface area contributed by atoms with Gasteiger partial charge in [0.05, 0.1) is 14.2 Å². The molecule has 1 heterocycles. The highest BCUT2D eigenvalue weighted by atomic mass is 19.1. The van der Waals surface area contributed by atoms with Crippen molar-refractivity contribution in [2.24, 2.45) is 0 Å². The molecule has 0 bridgehead atoms. The summed E-state index contributed by atoms with van der Waals surface area (Å²) in [5.74, 6) is 0.922. The number of amides is 2. The quantitative estimate of drug-likeness (QED) is 0.487. The van der Waals surface area contributed by atoms with Crippen LogP contribution in [0.5, 0.6) is 17.2 Å². The summed E-state index contributed by atoms with van der Waals surface area (Å²) in [6, 6.07) is 16.6. The first kappa shape index (κ1) is 25.0. The maximum atomic E-state index is 13.2. The van der Waals surface area contributed by atoms with Gasteiger partial charge in [-0.15, -0.1) is 0 Å². The van der Waals surface area contributed by atoms with Gasteiger partial charge in [-0.25, -0.2) is 4.39 Å². The number of hydrogen-bond donors (Lipinski definition) is 1. The van der Waals surface area contributed by atoms with E-state index in [1.54, 1.807) is 47.4 Å². The maximum absolute atomic E-state index is 13.2. The van der Waals surface area contributed by atoms with Crippen LogP contribution in [-0.2, 0) is 17.8 Å². The van der Waals surface area contributed by atoms with Crippen molar-refractivity contribution in [1.82, 2.24) is 4.90 Å². The van der Waals surface area contributed by atoms with Crippen LogP contribution < -0.4 is 19.5 Å². The number of benzene rings is 3. The third-order valence-corrected chi connectivity index (χ3v) is 6.14. The number of fused-ring (bicyclic) bond motifs is 1. The van der Waals surface area contributed by atoms with E-state index < -0.39 is 6.10 Å². The molecule has 0 unspecified atom stereocenters. The van der Waals surface area contributed by atoms with Crippen LogP contribution in [0.25, 0.3) is 0 Å². The van der Waals surface area contributed by atoms with Crippen molar-refractivity contribution in [2.75, 3.05) is 26.1 Å². The second kappa shape index (κ2) is 11.1. The standard InChI is InChI=1S/C28H29FN2O5/c1-4-23-28(33)31(14-13-18-5-8-21(29)9-6-18)17-20-15-22(10-12-24(20)36-23)30-27(32)19-7-11-25(34-2)26(16-19)35-3/h5-12,15-16,23H,4,13-14,17H2,1-3H3,(H,30,32)/t23-/m0/s1. The topological polar surface area (TPSA) is 77.1 Å². The Morgan fingerprint density at radius 2 is 1.81 bits per heavy atom. The number of nitrogens with zero attached hydrogens (tertiary/aromatic N) is 1. The predicted molar refractivity (Wildman–Crippen MR) is 134 cm³/mol. The fraction of sp³-hybridized carbons (Fsp3) is 0.286. The van der Waals surface area contributed by atoms with Crippen LogP contribution in [0.3, 0.4) is 0 Å². The van der Waals surface area contributed by atoms with Crippen LogP contribution in [0.4, 0.5) is 10.1 Å². The van der Waals surface area contributed by atoms with Gasteiger partial charge in [0.15, 0.2) is 17.6 Å². The van der Waals surface area contributed by atoms with Crippen molar-refractivity contribution in [1.29, 1.82) is 0 Å². The zero-order valence-electron chi connectivity index (χ0n) is 20.5. The molecule has 0 spiro atoms. The third-order valence-electron chi connectivity index (χ3n) is 6.14. The molecule has 188 valence electrons. The number of rotatable bonds is 8. The van der Waals surface area contributed by atoms with E-state index in [2.05, 4.69) is 5.32 Å². The summed E-state index contributed by atoms with van der Waals surface area (Å²) < 4.78 is 29.8. The van der Waals surface area contributed by atoms with Gasteiger partial charge in [-0.1, -0.05) is 19.1 Å². The van der Waals surface area contributed by atoms with Gasteiger partial charge in [0.2, 0.25) is 0 Å². The molecule has 0 aromatic heterocycles. The number of ether oxygens (including phenoxy) is 3. The first-order valence-electron chi connectivity index (χ1n) is 11.8. The largest absolute Gasteiger partial charge is 0.493 e. The van der Waals surface area contributed by atoms with E-state index in [4.69, 9.17) is 14.2 Å². The number of halogens is 1. The number of nitrogens with one attached hydrogen (secondary N) is 1. The molecule has 0 aliphatic carbocycles. The molecule has 8 heteroatoms. The van der Waals surface area contributed by atoms with Gasteiger partial charge in [0.25, 0.3) is 11.8 Å².